The fourth-order valence-corrected chi connectivity index (χ4v) is 3.51. The molecule has 1 heterocycles. The van der Waals surface area contributed by atoms with Gasteiger partial charge in [0, 0.05) is 13.1 Å². The van der Waals surface area contributed by atoms with E-state index in [0.29, 0.717) is 30.3 Å². The number of nitrogens with zero attached hydrogens (tertiary/aromatic N) is 1. The van der Waals surface area contributed by atoms with Crippen molar-refractivity contribution in [2.75, 3.05) is 26.8 Å². The van der Waals surface area contributed by atoms with Gasteiger partial charge in [-0.3, -0.25) is 0 Å². The van der Waals surface area contributed by atoms with Gasteiger partial charge in [0.1, 0.15) is 5.75 Å². The molecule has 0 unspecified atom stereocenters. The maximum absolute atomic E-state index is 12.5. The summed E-state index contributed by atoms with van der Waals surface area (Å²) >= 11 is 0. The lowest BCUT2D eigenvalue weighted by molar-refractivity contribution is -0.00277. The minimum atomic E-state index is -3.43. The zero-order valence-electron chi connectivity index (χ0n) is 11.2. The summed E-state index contributed by atoms with van der Waals surface area (Å²) in [5.41, 5.74) is 0. The number of sulfonamides is 1. The Morgan fingerprint density at radius 2 is 2.05 bits per heavy atom. The molecule has 0 N–H and O–H groups in total. The number of rotatable bonds is 4. The smallest absolute Gasteiger partial charge is 0.243 e. The van der Waals surface area contributed by atoms with E-state index in [1.54, 1.807) is 31.4 Å². The molecule has 0 saturated carbocycles. The Bertz CT molecular complexity index is 512. The molecule has 6 heteroatoms. The predicted octanol–water partition coefficient (Wildman–Crippen LogP) is 1.49. The molecule has 0 bridgehead atoms. The first-order chi connectivity index (χ1) is 9.07. The fraction of sp³-hybridized carbons (Fsp3) is 0.538. The van der Waals surface area contributed by atoms with Crippen molar-refractivity contribution in [1.82, 2.24) is 4.31 Å². The first kappa shape index (κ1) is 14.3. The number of hydrogen-bond donors (Lipinski definition) is 0. The highest BCUT2D eigenvalue weighted by Crippen LogP contribution is 2.21. The van der Waals surface area contributed by atoms with E-state index in [0.717, 1.165) is 6.42 Å². The molecule has 2 rings (SSSR count). The van der Waals surface area contributed by atoms with Gasteiger partial charge in [0.05, 0.1) is 24.7 Å². The first-order valence-electron chi connectivity index (χ1n) is 6.33. The zero-order valence-corrected chi connectivity index (χ0v) is 12.0. The molecule has 5 nitrogen and oxygen atoms in total. The van der Waals surface area contributed by atoms with Gasteiger partial charge in [0.15, 0.2) is 0 Å². The van der Waals surface area contributed by atoms with Gasteiger partial charge in [-0.1, -0.05) is 6.92 Å². The van der Waals surface area contributed by atoms with Crippen LogP contribution in [0.3, 0.4) is 0 Å². The van der Waals surface area contributed by atoms with Crippen molar-refractivity contribution in [3.8, 4) is 5.75 Å². The van der Waals surface area contributed by atoms with E-state index in [1.165, 1.54) is 4.31 Å². The Labute approximate surface area is 114 Å². The molecule has 0 aliphatic carbocycles. The Morgan fingerprint density at radius 3 is 2.63 bits per heavy atom. The molecular weight excluding hydrogens is 266 g/mol. The lowest BCUT2D eigenvalue weighted by Crippen LogP contribution is -2.45. The highest BCUT2D eigenvalue weighted by Gasteiger charge is 2.29. The summed E-state index contributed by atoms with van der Waals surface area (Å²) in [5.74, 6) is 0.646. The number of benzene rings is 1. The molecular formula is C13H19NO4S. The van der Waals surface area contributed by atoms with Crippen LogP contribution in [0, 0.1) is 0 Å². The van der Waals surface area contributed by atoms with Gasteiger partial charge in [-0.2, -0.15) is 4.31 Å². The largest absolute Gasteiger partial charge is 0.497 e. The zero-order chi connectivity index (χ0) is 13.9. The summed E-state index contributed by atoms with van der Waals surface area (Å²) in [5, 5.41) is 0. The summed E-state index contributed by atoms with van der Waals surface area (Å²) in [6.07, 6.45) is 0.802. The second-order valence-electron chi connectivity index (χ2n) is 4.44. The van der Waals surface area contributed by atoms with Crippen LogP contribution in [0.1, 0.15) is 13.3 Å². The number of morpholine rings is 1. The third-order valence-electron chi connectivity index (χ3n) is 3.25. The molecule has 1 aliphatic rings. The molecule has 1 aliphatic heterocycles. The average Bonchev–Trinajstić information content (AvgIpc) is 2.47. The summed E-state index contributed by atoms with van der Waals surface area (Å²) < 4.78 is 37.0. The number of methoxy groups -OCH3 is 1. The molecule has 1 fully saturated rings. The second kappa shape index (κ2) is 5.90. The Hall–Kier alpha value is -1.11. The van der Waals surface area contributed by atoms with E-state index < -0.39 is 10.0 Å². The van der Waals surface area contributed by atoms with Gasteiger partial charge in [-0.15, -0.1) is 0 Å². The lowest BCUT2D eigenvalue weighted by Gasteiger charge is -2.31. The molecule has 0 amide bonds. The van der Waals surface area contributed by atoms with Crippen molar-refractivity contribution in [2.45, 2.75) is 24.3 Å². The average molecular weight is 285 g/mol. The van der Waals surface area contributed by atoms with Crippen LogP contribution in [-0.4, -0.2) is 45.6 Å². The highest BCUT2D eigenvalue weighted by molar-refractivity contribution is 7.89. The molecule has 1 aromatic rings. The quantitative estimate of drug-likeness (QED) is 0.841. The Kier molecular flexibility index (Phi) is 4.44. The van der Waals surface area contributed by atoms with Crippen molar-refractivity contribution in [2.24, 2.45) is 0 Å². The van der Waals surface area contributed by atoms with E-state index in [1.807, 2.05) is 6.92 Å². The Balaban J connectivity index is 2.20. The van der Waals surface area contributed by atoms with Crippen LogP contribution in [0.5, 0.6) is 5.75 Å². The van der Waals surface area contributed by atoms with Crippen LogP contribution in [0.2, 0.25) is 0 Å². The molecule has 106 valence electrons. The monoisotopic (exact) mass is 285 g/mol. The summed E-state index contributed by atoms with van der Waals surface area (Å²) in [6, 6.07) is 6.46. The van der Waals surface area contributed by atoms with Crippen LogP contribution >= 0.6 is 0 Å². The number of ether oxygens (including phenoxy) is 2. The van der Waals surface area contributed by atoms with E-state index in [4.69, 9.17) is 9.47 Å². The number of hydrogen-bond acceptors (Lipinski definition) is 4. The van der Waals surface area contributed by atoms with Gasteiger partial charge in [0.25, 0.3) is 0 Å². The molecule has 19 heavy (non-hydrogen) atoms. The maximum atomic E-state index is 12.5. The van der Waals surface area contributed by atoms with E-state index in [9.17, 15) is 8.42 Å². The van der Waals surface area contributed by atoms with E-state index in [-0.39, 0.29) is 6.10 Å². The minimum Gasteiger partial charge on any atom is -0.497 e. The van der Waals surface area contributed by atoms with Crippen LogP contribution in [0.25, 0.3) is 0 Å². The minimum absolute atomic E-state index is 0.0122. The fourth-order valence-electron chi connectivity index (χ4n) is 2.05. The summed E-state index contributed by atoms with van der Waals surface area (Å²) in [4.78, 5) is 0.296. The predicted molar refractivity (Wildman–Crippen MR) is 71.8 cm³/mol. The van der Waals surface area contributed by atoms with Crippen LogP contribution in [0.15, 0.2) is 29.2 Å². The molecule has 0 aromatic heterocycles. The lowest BCUT2D eigenvalue weighted by atomic mass is 10.2. The van der Waals surface area contributed by atoms with Crippen molar-refractivity contribution in [1.29, 1.82) is 0 Å². The summed E-state index contributed by atoms with van der Waals surface area (Å²) in [6.45, 7) is 3.28. The third kappa shape index (κ3) is 3.08. The van der Waals surface area contributed by atoms with Crippen molar-refractivity contribution < 1.29 is 17.9 Å². The van der Waals surface area contributed by atoms with Gasteiger partial charge >= 0.3 is 0 Å². The third-order valence-corrected chi connectivity index (χ3v) is 5.13. The van der Waals surface area contributed by atoms with Crippen LogP contribution < -0.4 is 4.74 Å². The Morgan fingerprint density at radius 1 is 1.37 bits per heavy atom. The van der Waals surface area contributed by atoms with Gasteiger partial charge in [-0.25, -0.2) is 8.42 Å². The highest BCUT2D eigenvalue weighted by atomic mass is 32.2. The second-order valence-corrected chi connectivity index (χ2v) is 6.38. The maximum Gasteiger partial charge on any atom is 0.243 e. The van der Waals surface area contributed by atoms with Crippen LogP contribution in [-0.2, 0) is 14.8 Å². The topological polar surface area (TPSA) is 55.8 Å². The van der Waals surface area contributed by atoms with Gasteiger partial charge in [-0.05, 0) is 30.7 Å². The van der Waals surface area contributed by atoms with E-state index >= 15 is 0 Å². The SMILES string of the molecule is CC[C@H]1CN(S(=O)(=O)c2ccc(OC)cc2)CCO1. The van der Waals surface area contributed by atoms with Crippen molar-refractivity contribution in [3.05, 3.63) is 24.3 Å². The van der Waals surface area contributed by atoms with Crippen molar-refractivity contribution >= 4 is 10.0 Å². The molecule has 1 atom stereocenters. The molecule has 0 radical (unpaired) electrons. The van der Waals surface area contributed by atoms with Crippen molar-refractivity contribution in [3.63, 3.8) is 0 Å². The van der Waals surface area contributed by atoms with Gasteiger partial charge < -0.3 is 9.47 Å². The molecule has 0 spiro atoms. The van der Waals surface area contributed by atoms with Gasteiger partial charge in [0.2, 0.25) is 10.0 Å². The van der Waals surface area contributed by atoms with Crippen LogP contribution in [0.4, 0.5) is 0 Å². The summed E-state index contributed by atoms with van der Waals surface area (Å²) in [7, 11) is -1.88. The van der Waals surface area contributed by atoms with E-state index in [2.05, 4.69) is 0 Å². The first-order valence-corrected chi connectivity index (χ1v) is 7.77. The normalized spacial score (nSPS) is 21.3. The molecule has 1 aromatic carbocycles. The molecule has 1 saturated heterocycles. The standard InChI is InChI=1S/C13H19NO4S/c1-3-11-10-14(8-9-18-11)19(15,16)13-6-4-12(17-2)5-7-13/h4-7,11H,3,8-10H2,1-2H3/t11-/m0/s1.